The van der Waals surface area contributed by atoms with Gasteiger partial charge in [0.2, 0.25) is 11.8 Å². The van der Waals surface area contributed by atoms with Crippen molar-refractivity contribution in [3.05, 3.63) is 88.9 Å². The van der Waals surface area contributed by atoms with Crippen LogP contribution in [0, 0.1) is 6.92 Å². The molecule has 1 atom stereocenters. The number of aryl methyl sites for hydroxylation is 1. The average Bonchev–Trinajstić information content (AvgIpc) is 2.92. The first-order valence-electron chi connectivity index (χ1n) is 12.1. The zero-order valence-electron chi connectivity index (χ0n) is 21.8. The van der Waals surface area contributed by atoms with Crippen LogP contribution in [0.25, 0.3) is 0 Å². The second-order valence-corrected chi connectivity index (χ2v) is 11.0. The highest BCUT2D eigenvalue weighted by Gasteiger charge is 2.34. The molecule has 0 saturated carbocycles. The maximum absolute atomic E-state index is 14.0. The first kappa shape index (κ1) is 29.0. The van der Waals surface area contributed by atoms with Crippen molar-refractivity contribution < 1.29 is 22.7 Å². The number of ether oxygens (including phenoxy) is 1. The van der Waals surface area contributed by atoms with Crippen molar-refractivity contribution in [1.82, 2.24) is 10.2 Å². The maximum atomic E-state index is 14.0. The van der Waals surface area contributed by atoms with Crippen LogP contribution in [0.2, 0.25) is 5.02 Å². The van der Waals surface area contributed by atoms with Gasteiger partial charge in [-0.05, 0) is 60.9 Å². The van der Waals surface area contributed by atoms with Gasteiger partial charge in [-0.3, -0.25) is 13.9 Å². The van der Waals surface area contributed by atoms with E-state index >= 15 is 0 Å². The van der Waals surface area contributed by atoms with Crippen molar-refractivity contribution in [2.24, 2.45) is 0 Å². The average molecular weight is 558 g/mol. The van der Waals surface area contributed by atoms with Crippen molar-refractivity contribution in [2.75, 3.05) is 25.0 Å². The summed E-state index contributed by atoms with van der Waals surface area (Å²) in [6.07, 6.45) is 0.332. The summed E-state index contributed by atoms with van der Waals surface area (Å²) in [4.78, 5) is 28.2. The number of anilines is 1. The molecule has 0 spiro atoms. The van der Waals surface area contributed by atoms with E-state index in [0.29, 0.717) is 17.2 Å². The van der Waals surface area contributed by atoms with E-state index in [-0.39, 0.29) is 23.0 Å². The number of amides is 2. The summed E-state index contributed by atoms with van der Waals surface area (Å²) in [5, 5.41) is 3.15. The van der Waals surface area contributed by atoms with Crippen LogP contribution >= 0.6 is 11.6 Å². The molecule has 0 aliphatic rings. The van der Waals surface area contributed by atoms with E-state index in [4.69, 9.17) is 16.3 Å². The van der Waals surface area contributed by atoms with E-state index in [1.807, 2.05) is 6.92 Å². The van der Waals surface area contributed by atoms with E-state index in [1.165, 1.54) is 31.2 Å². The van der Waals surface area contributed by atoms with Gasteiger partial charge in [-0.15, -0.1) is 0 Å². The number of benzene rings is 3. The third-order valence-electron chi connectivity index (χ3n) is 6.11. The molecule has 3 aromatic carbocycles. The minimum Gasteiger partial charge on any atom is -0.495 e. The normalized spacial score (nSPS) is 11.9. The Balaban J connectivity index is 2.11. The Labute approximate surface area is 229 Å². The summed E-state index contributed by atoms with van der Waals surface area (Å²) in [6.45, 7) is 3.16. The molecule has 202 valence electrons. The molecule has 3 rings (SSSR count). The Kier molecular flexibility index (Phi) is 9.77. The quantitative estimate of drug-likeness (QED) is 0.377. The van der Waals surface area contributed by atoms with Crippen LogP contribution in [-0.2, 0) is 26.2 Å². The largest absolute Gasteiger partial charge is 0.495 e. The summed E-state index contributed by atoms with van der Waals surface area (Å²) in [6, 6.07) is 19.1. The number of nitrogens with zero attached hydrogens (tertiary/aromatic N) is 2. The van der Waals surface area contributed by atoms with Gasteiger partial charge in [-0.2, -0.15) is 0 Å². The van der Waals surface area contributed by atoms with Gasteiger partial charge in [0.25, 0.3) is 10.0 Å². The minimum atomic E-state index is -4.18. The van der Waals surface area contributed by atoms with E-state index < -0.39 is 28.5 Å². The van der Waals surface area contributed by atoms with Crippen LogP contribution in [0.5, 0.6) is 5.75 Å². The van der Waals surface area contributed by atoms with Gasteiger partial charge < -0.3 is 15.0 Å². The first-order valence-corrected chi connectivity index (χ1v) is 13.9. The standard InChI is InChI=1S/C28H32ClN3O5S/c1-5-24(28(34)30-3)31(18-21-12-14-22(29)15-13-21)27(33)19-32(25-17-20(2)11-16-26(25)37-4)38(35,36)23-9-7-6-8-10-23/h6-17,24H,5,18-19H2,1-4H3,(H,30,34). The molecular weight excluding hydrogens is 526 g/mol. The molecule has 8 nitrogen and oxygen atoms in total. The van der Waals surface area contributed by atoms with Crippen molar-refractivity contribution in [3.8, 4) is 5.75 Å². The monoisotopic (exact) mass is 557 g/mol. The predicted molar refractivity (Wildman–Crippen MR) is 149 cm³/mol. The minimum absolute atomic E-state index is 0.0268. The molecule has 2 amide bonds. The highest BCUT2D eigenvalue weighted by atomic mass is 35.5. The number of halogens is 1. The number of carbonyl (C=O) groups is 2. The molecule has 1 unspecified atom stereocenters. The van der Waals surface area contributed by atoms with Crippen LogP contribution in [-0.4, -0.2) is 51.9 Å². The van der Waals surface area contributed by atoms with Gasteiger partial charge in [-0.1, -0.05) is 54.9 Å². The van der Waals surface area contributed by atoms with Gasteiger partial charge in [0, 0.05) is 18.6 Å². The lowest BCUT2D eigenvalue weighted by molar-refractivity contribution is -0.140. The molecule has 0 saturated heterocycles. The van der Waals surface area contributed by atoms with Crippen LogP contribution in [0.4, 0.5) is 5.69 Å². The molecule has 0 fully saturated rings. The molecule has 0 radical (unpaired) electrons. The summed E-state index contributed by atoms with van der Waals surface area (Å²) in [7, 11) is -1.24. The van der Waals surface area contributed by atoms with Gasteiger partial charge >= 0.3 is 0 Å². The molecule has 1 N–H and O–H groups in total. The highest BCUT2D eigenvalue weighted by molar-refractivity contribution is 7.92. The van der Waals surface area contributed by atoms with Crippen LogP contribution < -0.4 is 14.4 Å². The Morgan fingerprint density at radius 3 is 2.26 bits per heavy atom. The SMILES string of the molecule is CCC(C(=O)NC)N(Cc1ccc(Cl)cc1)C(=O)CN(c1cc(C)ccc1OC)S(=O)(=O)c1ccccc1. The molecule has 3 aromatic rings. The second kappa shape index (κ2) is 12.8. The Bertz CT molecular complexity index is 1360. The molecule has 38 heavy (non-hydrogen) atoms. The first-order chi connectivity index (χ1) is 18.1. The summed E-state index contributed by atoms with van der Waals surface area (Å²) in [5.41, 5.74) is 1.76. The summed E-state index contributed by atoms with van der Waals surface area (Å²) < 4.78 is 34.3. The number of sulfonamides is 1. The maximum Gasteiger partial charge on any atom is 0.264 e. The summed E-state index contributed by atoms with van der Waals surface area (Å²) >= 11 is 6.03. The van der Waals surface area contributed by atoms with Crippen molar-refractivity contribution in [3.63, 3.8) is 0 Å². The van der Waals surface area contributed by atoms with E-state index in [2.05, 4.69) is 5.32 Å². The number of hydrogen-bond donors (Lipinski definition) is 1. The molecular formula is C28H32ClN3O5S. The number of hydrogen-bond acceptors (Lipinski definition) is 5. The third kappa shape index (κ3) is 6.65. The Morgan fingerprint density at radius 1 is 1.03 bits per heavy atom. The molecule has 0 heterocycles. The van der Waals surface area contributed by atoms with Gasteiger partial charge in [0.05, 0.1) is 17.7 Å². The molecule has 0 bridgehead atoms. The third-order valence-corrected chi connectivity index (χ3v) is 8.14. The molecule has 0 aliphatic carbocycles. The second-order valence-electron chi connectivity index (χ2n) is 8.69. The number of methoxy groups -OCH3 is 1. The van der Waals surface area contributed by atoms with Crippen LogP contribution in [0.3, 0.4) is 0 Å². The highest BCUT2D eigenvalue weighted by Crippen LogP contribution is 2.33. The topological polar surface area (TPSA) is 96.0 Å². The van der Waals surface area contributed by atoms with Crippen LogP contribution in [0.1, 0.15) is 24.5 Å². The van der Waals surface area contributed by atoms with E-state index in [9.17, 15) is 18.0 Å². The lowest BCUT2D eigenvalue weighted by Crippen LogP contribution is -2.51. The summed E-state index contributed by atoms with van der Waals surface area (Å²) in [5.74, 6) is -0.593. The number of rotatable bonds is 11. The zero-order valence-corrected chi connectivity index (χ0v) is 23.4. The van der Waals surface area contributed by atoms with Gasteiger partial charge in [0.1, 0.15) is 18.3 Å². The van der Waals surface area contributed by atoms with Gasteiger partial charge in [-0.25, -0.2) is 8.42 Å². The Hall–Kier alpha value is -3.56. The lowest BCUT2D eigenvalue weighted by atomic mass is 10.1. The molecule has 10 heteroatoms. The number of nitrogens with one attached hydrogen (secondary N) is 1. The molecule has 0 aromatic heterocycles. The zero-order chi connectivity index (χ0) is 27.9. The van der Waals surface area contributed by atoms with Crippen molar-refractivity contribution in [2.45, 2.75) is 37.8 Å². The number of likely N-dealkylation sites (N-methyl/N-ethyl adjacent to an activating group) is 1. The molecule has 0 aliphatic heterocycles. The predicted octanol–water partition coefficient (Wildman–Crippen LogP) is 4.41. The fraction of sp³-hybridized carbons (Fsp3) is 0.286. The van der Waals surface area contributed by atoms with Gasteiger partial charge in [0.15, 0.2) is 0 Å². The van der Waals surface area contributed by atoms with E-state index in [0.717, 1.165) is 15.4 Å². The van der Waals surface area contributed by atoms with Crippen molar-refractivity contribution in [1.29, 1.82) is 0 Å². The smallest absolute Gasteiger partial charge is 0.264 e. The lowest BCUT2D eigenvalue weighted by Gasteiger charge is -2.33. The van der Waals surface area contributed by atoms with Crippen molar-refractivity contribution >= 4 is 39.1 Å². The van der Waals surface area contributed by atoms with Crippen LogP contribution in [0.15, 0.2) is 77.7 Å². The Morgan fingerprint density at radius 2 is 1.68 bits per heavy atom. The fourth-order valence-electron chi connectivity index (χ4n) is 4.10. The fourth-order valence-corrected chi connectivity index (χ4v) is 5.66. The number of carbonyl (C=O) groups excluding carboxylic acids is 2. The van der Waals surface area contributed by atoms with E-state index in [1.54, 1.807) is 67.6 Å².